The summed E-state index contributed by atoms with van der Waals surface area (Å²) in [5.74, 6) is 2.04. The summed E-state index contributed by atoms with van der Waals surface area (Å²) in [5.41, 5.74) is 2.56. The normalized spacial score (nSPS) is 19.2. The van der Waals surface area contributed by atoms with Crippen LogP contribution in [0.5, 0.6) is 0 Å². The molecule has 21 heavy (non-hydrogen) atoms. The third-order valence-corrected chi connectivity index (χ3v) is 4.65. The predicted octanol–water partition coefficient (Wildman–Crippen LogP) is 5.89. The molecule has 0 aromatic heterocycles. The summed E-state index contributed by atoms with van der Waals surface area (Å²) < 4.78 is 0. The van der Waals surface area contributed by atoms with E-state index in [1.165, 1.54) is 37.7 Å². The number of allylic oxidation sites excluding steroid dienone is 4. The van der Waals surface area contributed by atoms with E-state index in [0.717, 1.165) is 12.3 Å². The van der Waals surface area contributed by atoms with Crippen LogP contribution in [0.4, 0.5) is 0 Å². The maximum Gasteiger partial charge on any atom is 0.0594 e. The molecule has 0 aromatic carbocycles. The van der Waals surface area contributed by atoms with E-state index in [9.17, 15) is 5.11 Å². The Morgan fingerprint density at radius 2 is 1.76 bits per heavy atom. The maximum atomic E-state index is 10.2. The van der Waals surface area contributed by atoms with Gasteiger partial charge in [0.1, 0.15) is 0 Å². The van der Waals surface area contributed by atoms with E-state index in [4.69, 9.17) is 0 Å². The summed E-state index contributed by atoms with van der Waals surface area (Å²) in [6.45, 7) is 13.1. The molecule has 2 atom stereocenters. The molecule has 0 aliphatic heterocycles. The van der Waals surface area contributed by atoms with Gasteiger partial charge in [-0.05, 0) is 64.2 Å². The Balaban J connectivity index is 2.62. The lowest BCUT2D eigenvalue weighted by Gasteiger charge is -2.29. The quantitative estimate of drug-likeness (QED) is 0.591. The molecule has 0 heterocycles. The van der Waals surface area contributed by atoms with Gasteiger partial charge in [-0.25, -0.2) is 0 Å². The van der Waals surface area contributed by atoms with Gasteiger partial charge in [-0.15, -0.1) is 0 Å². The topological polar surface area (TPSA) is 20.2 Å². The van der Waals surface area contributed by atoms with E-state index < -0.39 is 5.60 Å². The molecule has 0 bridgehead atoms. The molecule has 1 heteroatoms. The van der Waals surface area contributed by atoms with Crippen molar-refractivity contribution in [1.29, 1.82) is 0 Å². The molecule has 1 unspecified atom stereocenters. The van der Waals surface area contributed by atoms with Crippen LogP contribution >= 0.6 is 0 Å². The lowest BCUT2D eigenvalue weighted by molar-refractivity contribution is 0.0465. The number of rotatable bonds is 8. The van der Waals surface area contributed by atoms with Gasteiger partial charge in [0.25, 0.3) is 0 Å². The van der Waals surface area contributed by atoms with Gasteiger partial charge in [0.05, 0.1) is 5.60 Å². The highest BCUT2D eigenvalue weighted by molar-refractivity contribution is 5.24. The Hall–Kier alpha value is -0.560. The van der Waals surface area contributed by atoms with Crippen molar-refractivity contribution >= 4 is 0 Å². The highest BCUT2D eigenvalue weighted by Crippen LogP contribution is 2.33. The van der Waals surface area contributed by atoms with Gasteiger partial charge in [0.15, 0.2) is 0 Å². The Kier molecular flexibility index (Phi) is 7.20. The third kappa shape index (κ3) is 7.85. The number of hydrogen-bond acceptors (Lipinski definition) is 1. The van der Waals surface area contributed by atoms with Crippen molar-refractivity contribution < 1.29 is 5.11 Å². The second kappa shape index (κ2) is 8.17. The summed E-state index contributed by atoms with van der Waals surface area (Å²) in [5, 5.41) is 10.2. The lowest BCUT2D eigenvalue weighted by Crippen LogP contribution is -2.25. The molecule has 0 spiro atoms. The fourth-order valence-electron chi connectivity index (χ4n) is 3.40. The fourth-order valence-corrected chi connectivity index (χ4v) is 3.40. The molecular formula is C20H36O. The van der Waals surface area contributed by atoms with Crippen molar-refractivity contribution in [2.45, 2.75) is 85.7 Å². The highest BCUT2D eigenvalue weighted by atomic mass is 16.3. The van der Waals surface area contributed by atoms with Crippen molar-refractivity contribution in [3.05, 3.63) is 23.3 Å². The van der Waals surface area contributed by atoms with Crippen molar-refractivity contribution in [2.24, 2.45) is 17.8 Å². The van der Waals surface area contributed by atoms with Crippen molar-refractivity contribution in [1.82, 2.24) is 0 Å². The molecular weight excluding hydrogens is 256 g/mol. The van der Waals surface area contributed by atoms with Crippen molar-refractivity contribution in [2.75, 3.05) is 0 Å². The lowest BCUT2D eigenvalue weighted by atomic mass is 9.79. The number of aliphatic hydroxyl groups is 1. The van der Waals surface area contributed by atoms with Gasteiger partial charge in [-0.3, -0.25) is 0 Å². The summed E-state index contributed by atoms with van der Waals surface area (Å²) in [4.78, 5) is 0. The molecule has 122 valence electrons. The van der Waals surface area contributed by atoms with Gasteiger partial charge >= 0.3 is 0 Å². The largest absolute Gasteiger partial charge is 0.390 e. The van der Waals surface area contributed by atoms with E-state index in [-0.39, 0.29) is 0 Å². The third-order valence-electron chi connectivity index (χ3n) is 4.65. The van der Waals surface area contributed by atoms with Gasteiger partial charge in [0.2, 0.25) is 0 Å². The average molecular weight is 293 g/mol. The average Bonchev–Trinajstić information content (AvgIpc) is 2.34. The molecule has 0 fully saturated rings. The van der Waals surface area contributed by atoms with Crippen LogP contribution in [0.1, 0.15) is 80.1 Å². The molecule has 1 N–H and O–H groups in total. The second-order valence-corrected chi connectivity index (χ2v) is 8.25. The molecule has 1 aliphatic carbocycles. The number of hydrogen-bond donors (Lipinski definition) is 1. The van der Waals surface area contributed by atoms with Crippen LogP contribution in [0, 0.1) is 17.8 Å². The van der Waals surface area contributed by atoms with E-state index in [0.29, 0.717) is 11.8 Å². The molecule has 0 saturated heterocycles. The zero-order valence-electron chi connectivity index (χ0n) is 15.1. The van der Waals surface area contributed by atoms with Crippen molar-refractivity contribution in [3.8, 4) is 0 Å². The minimum Gasteiger partial charge on any atom is -0.390 e. The molecule has 0 amide bonds. The van der Waals surface area contributed by atoms with Crippen LogP contribution in [-0.4, -0.2) is 10.7 Å². The van der Waals surface area contributed by atoms with Crippen LogP contribution in [0.2, 0.25) is 0 Å². The van der Waals surface area contributed by atoms with E-state index in [1.54, 1.807) is 5.57 Å². The smallest absolute Gasteiger partial charge is 0.0594 e. The summed E-state index contributed by atoms with van der Waals surface area (Å²) in [6.07, 6.45) is 11.7. The van der Waals surface area contributed by atoms with Crippen LogP contribution in [0.3, 0.4) is 0 Å². The predicted molar refractivity (Wildman–Crippen MR) is 93.3 cm³/mol. The molecule has 1 rings (SSSR count). The SMILES string of the molecule is CC1=CC=C([C@@H](C)CC(CCC(C)C)CC(C)(C)O)CC1. The van der Waals surface area contributed by atoms with Crippen LogP contribution < -0.4 is 0 Å². The summed E-state index contributed by atoms with van der Waals surface area (Å²) >= 11 is 0. The zero-order chi connectivity index (χ0) is 16.0. The minimum absolute atomic E-state index is 0.543. The zero-order valence-corrected chi connectivity index (χ0v) is 15.1. The Labute approximate surface area is 132 Å². The first-order chi connectivity index (χ1) is 9.67. The van der Waals surface area contributed by atoms with Crippen LogP contribution in [0.25, 0.3) is 0 Å². The summed E-state index contributed by atoms with van der Waals surface area (Å²) in [6, 6.07) is 0. The summed E-state index contributed by atoms with van der Waals surface area (Å²) in [7, 11) is 0. The van der Waals surface area contributed by atoms with Gasteiger partial charge in [-0.2, -0.15) is 0 Å². The first-order valence-corrected chi connectivity index (χ1v) is 8.76. The highest BCUT2D eigenvalue weighted by Gasteiger charge is 2.23. The molecule has 0 aromatic rings. The molecule has 0 radical (unpaired) electrons. The Bertz CT molecular complexity index is 368. The standard InChI is InChI=1S/C20H36O/c1-15(2)7-10-18(14-20(5,6)21)13-17(4)19-11-8-16(3)9-12-19/h8,11,15,17-18,21H,7,9-10,12-14H2,1-6H3/t17-,18?/m0/s1. The molecule has 0 saturated carbocycles. The Morgan fingerprint density at radius 1 is 1.10 bits per heavy atom. The second-order valence-electron chi connectivity index (χ2n) is 8.25. The molecule has 1 aliphatic rings. The van der Waals surface area contributed by atoms with Crippen LogP contribution in [-0.2, 0) is 0 Å². The van der Waals surface area contributed by atoms with Gasteiger partial charge in [-0.1, -0.05) is 56.9 Å². The fraction of sp³-hybridized carbons (Fsp3) is 0.800. The van der Waals surface area contributed by atoms with E-state index in [2.05, 4.69) is 39.8 Å². The first kappa shape index (κ1) is 18.5. The van der Waals surface area contributed by atoms with E-state index >= 15 is 0 Å². The first-order valence-electron chi connectivity index (χ1n) is 8.76. The van der Waals surface area contributed by atoms with E-state index in [1.807, 2.05) is 13.8 Å². The van der Waals surface area contributed by atoms with Gasteiger partial charge < -0.3 is 5.11 Å². The molecule has 1 nitrogen and oxygen atoms in total. The van der Waals surface area contributed by atoms with Gasteiger partial charge in [0, 0.05) is 0 Å². The maximum absolute atomic E-state index is 10.2. The minimum atomic E-state index is -0.543. The monoisotopic (exact) mass is 292 g/mol. The van der Waals surface area contributed by atoms with Crippen LogP contribution in [0.15, 0.2) is 23.3 Å². The van der Waals surface area contributed by atoms with Crippen molar-refractivity contribution in [3.63, 3.8) is 0 Å². The Morgan fingerprint density at radius 3 is 2.24 bits per heavy atom.